The maximum atomic E-state index is 15.0. The summed E-state index contributed by atoms with van der Waals surface area (Å²) >= 11 is 5.88. The summed E-state index contributed by atoms with van der Waals surface area (Å²) in [5.74, 6) is -3.67. The third kappa shape index (κ3) is 5.31. The van der Waals surface area contributed by atoms with Crippen LogP contribution in [0.1, 0.15) is 36.0 Å². The molecule has 34 heavy (non-hydrogen) atoms. The highest BCUT2D eigenvalue weighted by molar-refractivity contribution is 6.34. The Morgan fingerprint density at radius 3 is 2.41 bits per heavy atom. The number of alkyl halides is 3. The van der Waals surface area contributed by atoms with Crippen LogP contribution in [0, 0.1) is 11.6 Å². The third-order valence-corrected chi connectivity index (χ3v) is 5.21. The van der Waals surface area contributed by atoms with Gasteiger partial charge >= 0.3 is 6.18 Å². The fourth-order valence-electron chi connectivity index (χ4n) is 3.08. The minimum Gasteiger partial charge on any atom is -0.480 e. The zero-order valence-corrected chi connectivity index (χ0v) is 18.8. The number of rotatable bonds is 6. The Morgan fingerprint density at radius 2 is 1.85 bits per heavy atom. The number of nitrogens with one attached hydrogen (secondary N) is 1. The second-order valence-corrected chi connectivity index (χ2v) is 7.84. The lowest BCUT2D eigenvalue weighted by molar-refractivity contribution is -0.189. The summed E-state index contributed by atoms with van der Waals surface area (Å²) in [5, 5.41) is 15.8. The van der Waals surface area contributed by atoms with Gasteiger partial charge in [-0.3, -0.25) is 9.48 Å². The molecule has 1 amide bonds. The number of aromatic nitrogens is 2. The molecule has 1 heterocycles. The molecule has 3 rings (SSSR count). The summed E-state index contributed by atoms with van der Waals surface area (Å²) in [4.78, 5) is 12.8. The standard InChI is InChI=1S/C22H19ClF5N3O3/c1-10(32)18-9-17(30-31(18)3)12-8-19(34-11(2)22(26,27)28)13(7-16(12)25)21(33)29-20-14(23)5-4-6-15(20)24/h4-11,32H,1-3H3,(H,29,33)/t10-,11+/m1/s1. The fraction of sp³-hybridized carbons (Fsp3) is 0.273. The van der Waals surface area contributed by atoms with Gasteiger partial charge in [-0.1, -0.05) is 17.7 Å². The van der Waals surface area contributed by atoms with Crippen molar-refractivity contribution in [3.8, 4) is 17.0 Å². The number of hydrogen-bond donors (Lipinski definition) is 2. The molecule has 0 saturated carbocycles. The first-order valence-corrected chi connectivity index (χ1v) is 10.2. The largest absolute Gasteiger partial charge is 0.480 e. The van der Waals surface area contributed by atoms with Crippen LogP contribution in [0.15, 0.2) is 36.4 Å². The lowest BCUT2D eigenvalue weighted by Crippen LogP contribution is -2.32. The second kappa shape index (κ2) is 9.59. The topological polar surface area (TPSA) is 76.4 Å². The molecule has 0 radical (unpaired) electrons. The SMILES string of the molecule is C[C@H](Oc1cc(-c2cc([C@@H](C)O)n(C)n2)c(F)cc1C(=O)Nc1c(F)cccc1Cl)C(F)(F)F. The average molecular weight is 504 g/mol. The Morgan fingerprint density at radius 1 is 1.18 bits per heavy atom. The number of hydrogen-bond acceptors (Lipinski definition) is 4. The monoisotopic (exact) mass is 503 g/mol. The van der Waals surface area contributed by atoms with Crippen molar-refractivity contribution in [2.75, 3.05) is 5.32 Å². The number of amides is 1. The van der Waals surface area contributed by atoms with Gasteiger partial charge in [0, 0.05) is 12.6 Å². The zero-order chi connectivity index (χ0) is 25.4. The minimum atomic E-state index is -4.79. The van der Waals surface area contributed by atoms with Crippen molar-refractivity contribution >= 4 is 23.2 Å². The number of carbonyl (C=O) groups excluding carboxylic acids is 1. The normalized spacial score (nSPS) is 13.5. The van der Waals surface area contributed by atoms with E-state index < -0.39 is 52.9 Å². The number of anilines is 1. The number of aryl methyl sites for hydroxylation is 1. The Labute approximate surface area is 195 Å². The van der Waals surface area contributed by atoms with E-state index in [1.165, 1.54) is 36.9 Å². The summed E-state index contributed by atoms with van der Waals surface area (Å²) in [7, 11) is 1.49. The molecule has 1 aromatic heterocycles. The Kier molecular flexibility index (Phi) is 7.18. The van der Waals surface area contributed by atoms with E-state index in [0.29, 0.717) is 18.7 Å². The van der Waals surface area contributed by atoms with Crippen molar-refractivity contribution in [2.45, 2.75) is 32.2 Å². The molecule has 0 aliphatic heterocycles. The van der Waals surface area contributed by atoms with E-state index in [0.717, 1.165) is 12.1 Å². The number of nitrogens with zero attached hydrogens (tertiary/aromatic N) is 2. The molecule has 0 spiro atoms. The smallest absolute Gasteiger partial charge is 0.425 e. The van der Waals surface area contributed by atoms with Gasteiger partial charge < -0.3 is 15.2 Å². The van der Waals surface area contributed by atoms with Gasteiger partial charge in [0.25, 0.3) is 5.91 Å². The van der Waals surface area contributed by atoms with Gasteiger partial charge in [0.05, 0.1) is 33.8 Å². The highest BCUT2D eigenvalue weighted by atomic mass is 35.5. The summed E-state index contributed by atoms with van der Waals surface area (Å²) < 4.78 is 74.8. The predicted molar refractivity (Wildman–Crippen MR) is 115 cm³/mol. The van der Waals surface area contributed by atoms with Crippen molar-refractivity contribution < 1.29 is 36.6 Å². The number of carbonyl (C=O) groups is 1. The van der Waals surface area contributed by atoms with Crippen LogP contribution in [-0.2, 0) is 7.05 Å². The number of aliphatic hydroxyl groups excluding tert-OH is 1. The fourth-order valence-corrected chi connectivity index (χ4v) is 3.29. The van der Waals surface area contributed by atoms with Gasteiger partial charge in [-0.05, 0) is 44.2 Å². The Bertz CT molecular complexity index is 1210. The first-order chi connectivity index (χ1) is 15.8. The quantitative estimate of drug-likeness (QED) is 0.426. The van der Waals surface area contributed by atoms with Crippen LogP contribution in [0.25, 0.3) is 11.3 Å². The van der Waals surface area contributed by atoms with Gasteiger partial charge in [0.15, 0.2) is 6.10 Å². The summed E-state index contributed by atoms with van der Waals surface area (Å²) in [6.45, 7) is 2.17. The molecule has 0 fully saturated rings. The Balaban J connectivity index is 2.10. The van der Waals surface area contributed by atoms with Crippen LogP contribution < -0.4 is 10.1 Å². The molecule has 0 unspecified atom stereocenters. The van der Waals surface area contributed by atoms with Gasteiger partial charge in [0.1, 0.15) is 17.4 Å². The summed E-state index contributed by atoms with van der Waals surface area (Å²) in [5.41, 5.74) is -1.02. The van der Waals surface area contributed by atoms with Crippen molar-refractivity contribution in [3.05, 3.63) is 64.3 Å². The number of halogens is 6. The lowest BCUT2D eigenvalue weighted by atomic mass is 10.0. The number of para-hydroxylation sites is 1. The lowest BCUT2D eigenvalue weighted by Gasteiger charge is -2.20. The molecule has 12 heteroatoms. The number of benzene rings is 2. The van der Waals surface area contributed by atoms with Gasteiger partial charge in [-0.2, -0.15) is 18.3 Å². The van der Waals surface area contributed by atoms with E-state index in [1.807, 2.05) is 0 Å². The van der Waals surface area contributed by atoms with Gasteiger partial charge in [-0.15, -0.1) is 0 Å². The minimum absolute atomic E-state index is 0.00971. The highest BCUT2D eigenvalue weighted by Crippen LogP contribution is 2.35. The second-order valence-electron chi connectivity index (χ2n) is 7.43. The molecule has 3 aromatic rings. The maximum Gasteiger partial charge on any atom is 0.425 e. The summed E-state index contributed by atoms with van der Waals surface area (Å²) in [6, 6.07) is 6.48. The van der Waals surface area contributed by atoms with Crippen molar-refractivity contribution in [1.29, 1.82) is 0 Å². The van der Waals surface area contributed by atoms with E-state index in [1.54, 1.807) is 0 Å². The van der Waals surface area contributed by atoms with Crippen LogP contribution in [0.5, 0.6) is 5.75 Å². The highest BCUT2D eigenvalue weighted by Gasteiger charge is 2.39. The first-order valence-electron chi connectivity index (χ1n) is 9.84. The molecule has 2 atom stereocenters. The van der Waals surface area contributed by atoms with Crippen LogP contribution >= 0.6 is 11.6 Å². The molecule has 0 aliphatic carbocycles. The van der Waals surface area contributed by atoms with E-state index in [2.05, 4.69) is 10.4 Å². The van der Waals surface area contributed by atoms with Crippen LogP contribution in [0.2, 0.25) is 5.02 Å². The molecular weight excluding hydrogens is 485 g/mol. The molecular formula is C22H19ClF5N3O3. The first kappa shape index (κ1) is 25.4. The van der Waals surface area contributed by atoms with Crippen LogP contribution in [0.3, 0.4) is 0 Å². The number of ether oxygens (including phenoxy) is 1. The van der Waals surface area contributed by atoms with E-state index in [4.69, 9.17) is 16.3 Å². The molecule has 182 valence electrons. The van der Waals surface area contributed by atoms with Gasteiger partial charge in [-0.25, -0.2) is 8.78 Å². The molecule has 2 aromatic carbocycles. The zero-order valence-electron chi connectivity index (χ0n) is 18.0. The van der Waals surface area contributed by atoms with Gasteiger partial charge in [0.2, 0.25) is 0 Å². The molecule has 0 saturated heterocycles. The maximum absolute atomic E-state index is 15.0. The van der Waals surface area contributed by atoms with E-state index in [9.17, 15) is 27.5 Å². The average Bonchev–Trinajstić information content (AvgIpc) is 3.12. The molecule has 0 bridgehead atoms. The van der Waals surface area contributed by atoms with E-state index >= 15 is 4.39 Å². The molecule has 2 N–H and O–H groups in total. The van der Waals surface area contributed by atoms with Crippen LogP contribution in [-0.4, -0.2) is 33.1 Å². The van der Waals surface area contributed by atoms with Crippen molar-refractivity contribution in [2.24, 2.45) is 7.05 Å². The summed E-state index contributed by atoms with van der Waals surface area (Å²) in [6.07, 6.45) is -8.10. The Hall–Kier alpha value is -3.18. The number of aliphatic hydroxyl groups is 1. The molecule has 0 aliphatic rings. The van der Waals surface area contributed by atoms with Crippen molar-refractivity contribution in [1.82, 2.24) is 9.78 Å². The molecule has 6 nitrogen and oxygen atoms in total. The van der Waals surface area contributed by atoms with Crippen molar-refractivity contribution in [3.63, 3.8) is 0 Å². The predicted octanol–water partition coefficient (Wildman–Crippen LogP) is 5.65. The van der Waals surface area contributed by atoms with Crippen LogP contribution in [0.4, 0.5) is 27.6 Å². The van der Waals surface area contributed by atoms with E-state index in [-0.39, 0.29) is 16.3 Å². The third-order valence-electron chi connectivity index (χ3n) is 4.90.